The van der Waals surface area contributed by atoms with Gasteiger partial charge >= 0.3 is 0 Å². The van der Waals surface area contributed by atoms with Gasteiger partial charge in [0.25, 0.3) is 0 Å². The van der Waals surface area contributed by atoms with Crippen molar-refractivity contribution in [3.8, 4) is 11.5 Å². The van der Waals surface area contributed by atoms with Gasteiger partial charge in [-0.25, -0.2) is 13.1 Å². The van der Waals surface area contributed by atoms with Crippen LogP contribution in [0.5, 0.6) is 11.5 Å². The fourth-order valence-corrected chi connectivity index (χ4v) is 5.95. The largest absolute Gasteiger partial charge is 0.489 e. The van der Waals surface area contributed by atoms with Crippen molar-refractivity contribution >= 4 is 15.9 Å². The van der Waals surface area contributed by atoms with Crippen LogP contribution in [0.25, 0.3) is 0 Å². The van der Waals surface area contributed by atoms with E-state index < -0.39 is 15.6 Å². The van der Waals surface area contributed by atoms with Gasteiger partial charge in [0.1, 0.15) is 23.7 Å². The molecule has 1 heterocycles. The Kier molecular flexibility index (Phi) is 8.74. The first kappa shape index (κ1) is 27.7. The van der Waals surface area contributed by atoms with Gasteiger partial charge in [-0.05, 0) is 56.0 Å². The Morgan fingerprint density at radius 3 is 2.37 bits per heavy atom. The van der Waals surface area contributed by atoms with Crippen molar-refractivity contribution in [2.24, 2.45) is 0 Å². The molecule has 0 bridgehead atoms. The van der Waals surface area contributed by atoms with Crippen molar-refractivity contribution in [3.05, 3.63) is 95.6 Å². The van der Waals surface area contributed by atoms with Crippen molar-refractivity contribution in [2.45, 2.75) is 44.8 Å². The average molecular weight is 537 g/mol. The highest BCUT2D eigenvalue weighted by Gasteiger charge is 2.36. The highest BCUT2D eigenvalue weighted by atomic mass is 32.2. The predicted octanol–water partition coefficient (Wildman–Crippen LogP) is 4.53. The fourth-order valence-electron chi connectivity index (χ4n) is 4.66. The summed E-state index contributed by atoms with van der Waals surface area (Å²) in [5.74, 6) is 0.591. The number of likely N-dealkylation sites (N-methyl/N-ethyl adjacent to an activating group) is 1. The van der Waals surface area contributed by atoms with Gasteiger partial charge in [-0.15, -0.1) is 0 Å². The predicted molar refractivity (Wildman–Crippen MR) is 149 cm³/mol. The molecule has 0 aromatic heterocycles. The Balaban J connectivity index is 1.38. The summed E-state index contributed by atoms with van der Waals surface area (Å²) in [4.78, 5) is 14.2. The van der Waals surface area contributed by atoms with Gasteiger partial charge in [0, 0.05) is 25.1 Å². The van der Waals surface area contributed by atoms with E-state index in [-0.39, 0.29) is 24.1 Å². The minimum atomic E-state index is -3.73. The van der Waals surface area contributed by atoms with Crippen LogP contribution in [0.4, 0.5) is 0 Å². The summed E-state index contributed by atoms with van der Waals surface area (Å²) in [5, 5.41) is 0. The number of carbonyl (C=O) groups is 1. The van der Waals surface area contributed by atoms with Crippen LogP contribution < -0.4 is 14.2 Å². The number of benzene rings is 3. The maximum Gasteiger partial charge on any atom is 0.237 e. The lowest BCUT2D eigenvalue weighted by atomic mass is 9.85. The molecular weight excluding hydrogens is 500 g/mol. The smallest absolute Gasteiger partial charge is 0.237 e. The molecule has 0 spiro atoms. The van der Waals surface area contributed by atoms with Gasteiger partial charge in [0.15, 0.2) is 0 Å². The summed E-state index contributed by atoms with van der Waals surface area (Å²) in [6.45, 7) is 4.56. The molecule has 1 aliphatic heterocycles. The fraction of sp³-hybridized carbons (Fsp3) is 0.367. The van der Waals surface area contributed by atoms with E-state index in [9.17, 15) is 13.2 Å². The van der Waals surface area contributed by atoms with Crippen LogP contribution in [-0.4, -0.2) is 50.7 Å². The number of nitrogens with zero attached hydrogens (tertiary/aromatic N) is 1. The standard InChI is InChI=1S/C30H36N2O5S/c1-30(2)19-25(27-18-26(14-15-28(27)37-30)36-21-24-12-8-5-9-13-24)22-38(34,35)31-20-29(33)32(3)17-16-23-10-6-4-7-11-23/h4-15,18,25,31H,16-17,19-22H2,1-3H3. The van der Waals surface area contributed by atoms with E-state index >= 15 is 0 Å². The van der Waals surface area contributed by atoms with E-state index in [1.165, 1.54) is 0 Å². The van der Waals surface area contributed by atoms with Crippen LogP contribution in [-0.2, 0) is 27.8 Å². The molecule has 0 fully saturated rings. The highest BCUT2D eigenvalue weighted by molar-refractivity contribution is 7.89. The number of sulfonamides is 1. The van der Waals surface area contributed by atoms with Crippen molar-refractivity contribution in [2.75, 3.05) is 25.9 Å². The second-order valence-electron chi connectivity index (χ2n) is 10.4. The van der Waals surface area contributed by atoms with E-state index in [2.05, 4.69) is 4.72 Å². The third-order valence-corrected chi connectivity index (χ3v) is 8.09. The molecule has 1 aliphatic rings. The lowest BCUT2D eigenvalue weighted by Gasteiger charge is -2.37. The first-order valence-corrected chi connectivity index (χ1v) is 14.5. The van der Waals surface area contributed by atoms with Crippen molar-refractivity contribution in [1.29, 1.82) is 0 Å². The second kappa shape index (κ2) is 12.0. The normalized spacial score (nSPS) is 16.2. The molecule has 3 aromatic rings. The summed E-state index contributed by atoms with van der Waals surface area (Å²) in [7, 11) is -2.04. The number of nitrogens with one attached hydrogen (secondary N) is 1. The molecule has 0 saturated carbocycles. The van der Waals surface area contributed by atoms with Crippen molar-refractivity contribution in [1.82, 2.24) is 9.62 Å². The lowest BCUT2D eigenvalue weighted by molar-refractivity contribution is -0.128. The van der Waals surface area contributed by atoms with Crippen LogP contribution >= 0.6 is 0 Å². The molecule has 7 nitrogen and oxygen atoms in total. The van der Waals surface area contributed by atoms with Gasteiger partial charge in [0.2, 0.25) is 15.9 Å². The molecule has 1 amide bonds. The summed E-state index contributed by atoms with van der Waals surface area (Å²) < 4.78 is 40.8. The first-order chi connectivity index (χ1) is 18.1. The Morgan fingerprint density at radius 1 is 1.03 bits per heavy atom. The Morgan fingerprint density at radius 2 is 1.68 bits per heavy atom. The number of fused-ring (bicyclic) bond motifs is 1. The van der Waals surface area contributed by atoms with E-state index in [1.807, 2.05) is 92.7 Å². The maximum atomic E-state index is 13.1. The SMILES string of the molecule is CN(CCc1ccccc1)C(=O)CNS(=O)(=O)CC1CC(C)(C)Oc2ccc(OCc3ccccc3)cc21. The Labute approximate surface area is 225 Å². The number of hydrogen-bond donors (Lipinski definition) is 1. The second-order valence-corrected chi connectivity index (χ2v) is 12.2. The van der Waals surface area contributed by atoms with Crippen LogP contribution in [0, 0.1) is 0 Å². The molecule has 3 aromatic carbocycles. The third kappa shape index (κ3) is 7.82. The summed E-state index contributed by atoms with van der Waals surface area (Å²) in [5.41, 5.74) is 2.45. The molecule has 8 heteroatoms. The topological polar surface area (TPSA) is 84.9 Å². The molecule has 1 N–H and O–H groups in total. The molecule has 0 radical (unpaired) electrons. The van der Waals surface area contributed by atoms with E-state index in [0.29, 0.717) is 37.5 Å². The highest BCUT2D eigenvalue weighted by Crippen LogP contribution is 2.43. The number of carbonyl (C=O) groups excluding carboxylic acids is 1. The lowest BCUT2D eigenvalue weighted by Crippen LogP contribution is -2.42. The number of hydrogen-bond acceptors (Lipinski definition) is 5. The number of ether oxygens (including phenoxy) is 2. The van der Waals surface area contributed by atoms with Crippen LogP contribution in [0.3, 0.4) is 0 Å². The van der Waals surface area contributed by atoms with Crippen LogP contribution in [0.1, 0.15) is 42.9 Å². The molecule has 1 unspecified atom stereocenters. The van der Waals surface area contributed by atoms with Gasteiger partial charge in [-0.1, -0.05) is 60.7 Å². The summed E-state index contributed by atoms with van der Waals surface area (Å²) >= 11 is 0. The summed E-state index contributed by atoms with van der Waals surface area (Å²) in [6.07, 6.45) is 1.23. The molecular formula is C30H36N2O5S. The van der Waals surface area contributed by atoms with E-state index in [4.69, 9.17) is 9.47 Å². The van der Waals surface area contributed by atoms with Gasteiger partial charge in [-0.2, -0.15) is 0 Å². The van der Waals surface area contributed by atoms with E-state index in [0.717, 1.165) is 16.7 Å². The van der Waals surface area contributed by atoms with Crippen molar-refractivity contribution in [3.63, 3.8) is 0 Å². The maximum absolute atomic E-state index is 13.1. The quantitative estimate of drug-likeness (QED) is 0.389. The van der Waals surface area contributed by atoms with Crippen LogP contribution in [0.15, 0.2) is 78.9 Å². The molecule has 0 aliphatic carbocycles. The third-order valence-electron chi connectivity index (χ3n) is 6.66. The van der Waals surface area contributed by atoms with Gasteiger partial charge in [-0.3, -0.25) is 4.79 Å². The Bertz CT molecular complexity index is 1330. The Hall–Kier alpha value is -3.36. The molecule has 38 heavy (non-hydrogen) atoms. The minimum Gasteiger partial charge on any atom is -0.489 e. The van der Waals surface area contributed by atoms with Gasteiger partial charge < -0.3 is 14.4 Å². The minimum absolute atomic E-state index is 0.143. The molecule has 1 atom stereocenters. The monoisotopic (exact) mass is 536 g/mol. The zero-order valence-corrected chi connectivity index (χ0v) is 23.0. The van der Waals surface area contributed by atoms with Crippen LogP contribution in [0.2, 0.25) is 0 Å². The zero-order valence-electron chi connectivity index (χ0n) is 22.2. The number of rotatable bonds is 11. The van der Waals surface area contributed by atoms with E-state index in [1.54, 1.807) is 11.9 Å². The first-order valence-electron chi connectivity index (χ1n) is 12.9. The molecule has 4 rings (SSSR count). The summed E-state index contributed by atoms with van der Waals surface area (Å²) in [6, 6.07) is 25.3. The molecule has 0 saturated heterocycles. The number of amides is 1. The zero-order chi connectivity index (χ0) is 27.2. The average Bonchev–Trinajstić information content (AvgIpc) is 2.90. The van der Waals surface area contributed by atoms with Crippen molar-refractivity contribution < 1.29 is 22.7 Å². The molecule has 202 valence electrons. The van der Waals surface area contributed by atoms with Gasteiger partial charge in [0.05, 0.1) is 12.3 Å².